The van der Waals surface area contributed by atoms with Crippen molar-refractivity contribution < 1.29 is 9.59 Å². The summed E-state index contributed by atoms with van der Waals surface area (Å²) < 4.78 is 1.95. The highest BCUT2D eigenvalue weighted by molar-refractivity contribution is 6.01. The van der Waals surface area contributed by atoms with Crippen LogP contribution in [0.4, 0.5) is 5.69 Å². The third kappa shape index (κ3) is 3.48. The highest BCUT2D eigenvalue weighted by Gasteiger charge is 2.29. The summed E-state index contributed by atoms with van der Waals surface area (Å²) >= 11 is 0. The van der Waals surface area contributed by atoms with Crippen molar-refractivity contribution in [1.29, 1.82) is 0 Å². The molecule has 0 bridgehead atoms. The zero-order valence-corrected chi connectivity index (χ0v) is 14.0. The van der Waals surface area contributed by atoms with E-state index in [4.69, 9.17) is 0 Å². The van der Waals surface area contributed by atoms with Crippen molar-refractivity contribution in [2.45, 2.75) is 39.2 Å². The first-order valence-corrected chi connectivity index (χ1v) is 8.22. The van der Waals surface area contributed by atoms with Crippen LogP contribution >= 0.6 is 0 Å². The van der Waals surface area contributed by atoms with Gasteiger partial charge in [-0.3, -0.25) is 14.3 Å². The minimum absolute atomic E-state index is 0.0920. The molecule has 24 heavy (non-hydrogen) atoms. The SMILES string of the molecule is Cc1cc(C)n(CCCNC(=O)C2CC(=O)Nc3ccccc32)n1. The van der Waals surface area contributed by atoms with Gasteiger partial charge in [0.15, 0.2) is 0 Å². The van der Waals surface area contributed by atoms with E-state index in [0.717, 1.165) is 35.6 Å². The summed E-state index contributed by atoms with van der Waals surface area (Å²) in [6.07, 6.45) is 0.995. The zero-order chi connectivity index (χ0) is 17.1. The summed E-state index contributed by atoms with van der Waals surface area (Å²) in [6, 6.07) is 9.51. The number of para-hydroxylation sites is 1. The Morgan fingerprint density at radius 3 is 2.92 bits per heavy atom. The van der Waals surface area contributed by atoms with Crippen molar-refractivity contribution in [3.05, 3.63) is 47.3 Å². The highest BCUT2D eigenvalue weighted by atomic mass is 16.2. The van der Waals surface area contributed by atoms with Crippen LogP contribution in [0.5, 0.6) is 0 Å². The fourth-order valence-electron chi connectivity index (χ4n) is 3.11. The van der Waals surface area contributed by atoms with Crippen LogP contribution < -0.4 is 10.6 Å². The van der Waals surface area contributed by atoms with E-state index in [1.165, 1.54) is 0 Å². The van der Waals surface area contributed by atoms with Gasteiger partial charge in [-0.25, -0.2) is 0 Å². The number of carbonyl (C=O) groups excluding carboxylic acids is 2. The van der Waals surface area contributed by atoms with E-state index in [1.807, 2.05) is 48.9 Å². The average molecular weight is 326 g/mol. The van der Waals surface area contributed by atoms with Gasteiger partial charge in [0, 0.05) is 30.9 Å². The van der Waals surface area contributed by atoms with Crippen LogP contribution in [0.15, 0.2) is 30.3 Å². The first kappa shape index (κ1) is 16.2. The predicted octanol–water partition coefficient (Wildman–Crippen LogP) is 2.13. The minimum Gasteiger partial charge on any atom is -0.355 e. The van der Waals surface area contributed by atoms with Gasteiger partial charge in [0.05, 0.1) is 11.6 Å². The maximum atomic E-state index is 12.5. The van der Waals surface area contributed by atoms with Crippen molar-refractivity contribution in [1.82, 2.24) is 15.1 Å². The normalized spacial score (nSPS) is 16.4. The van der Waals surface area contributed by atoms with Crippen molar-refractivity contribution in [3.63, 3.8) is 0 Å². The lowest BCUT2D eigenvalue weighted by Crippen LogP contribution is -2.35. The van der Waals surface area contributed by atoms with Crippen LogP contribution in [0, 0.1) is 13.8 Å². The lowest BCUT2D eigenvalue weighted by atomic mass is 9.90. The number of hydrogen-bond acceptors (Lipinski definition) is 3. The Balaban J connectivity index is 1.56. The van der Waals surface area contributed by atoms with Crippen LogP contribution in [0.3, 0.4) is 0 Å². The van der Waals surface area contributed by atoms with E-state index < -0.39 is 5.92 Å². The van der Waals surface area contributed by atoms with Gasteiger partial charge < -0.3 is 10.6 Å². The summed E-state index contributed by atoms with van der Waals surface area (Å²) in [6.45, 7) is 5.33. The highest BCUT2D eigenvalue weighted by Crippen LogP contribution is 2.31. The lowest BCUT2D eigenvalue weighted by molar-refractivity contribution is -0.126. The maximum Gasteiger partial charge on any atom is 0.228 e. The number of amides is 2. The van der Waals surface area contributed by atoms with Gasteiger partial charge in [0.1, 0.15) is 0 Å². The topological polar surface area (TPSA) is 76.0 Å². The summed E-state index contributed by atoms with van der Waals surface area (Å²) in [5.74, 6) is -0.620. The maximum absolute atomic E-state index is 12.5. The Labute approximate surface area is 141 Å². The molecule has 1 atom stereocenters. The van der Waals surface area contributed by atoms with Gasteiger partial charge in [0.2, 0.25) is 11.8 Å². The van der Waals surface area contributed by atoms with Gasteiger partial charge >= 0.3 is 0 Å². The van der Waals surface area contributed by atoms with Gasteiger partial charge in [-0.1, -0.05) is 18.2 Å². The molecule has 0 aliphatic carbocycles. The van der Waals surface area contributed by atoms with Crippen LogP contribution in [-0.2, 0) is 16.1 Å². The molecule has 6 nitrogen and oxygen atoms in total. The summed E-state index contributed by atoms with van der Waals surface area (Å²) in [7, 11) is 0. The average Bonchev–Trinajstić information content (AvgIpc) is 2.88. The number of nitrogens with zero attached hydrogens (tertiary/aromatic N) is 2. The molecule has 1 aliphatic rings. The third-order valence-electron chi connectivity index (χ3n) is 4.27. The molecular weight excluding hydrogens is 304 g/mol. The quantitative estimate of drug-likeness (QED) is 0.827. The van der Waals surface area contributed by atoms with Crippen molar-refractivity contribution in [2.24, 2.45) is 0 Å². The molecule has 1 aliphatic heterocycles. The van der Waals surface area contributed by atoms with E-state index in [2.05, 4.69) is 15.7 Å². The van der Waals surface area contributed by atoms with E-state index >= 15 is 0 Å². The van der Waals surface area contributed by atoms with Gasteiger partial charge in [-0.05, 0) is 38.0 Å². The van der Waals surface area contributed by atoms with Crippen LogP contribution in [-0.4, -0.2) is 28.1 Å². The molecule has 0 radical (unpaired) electrons. The third-order valence-corrected chi connectivity index (χ3v) is 4.27. The lowest BCUT2D eigenvalue weighted by Gasteiger charge is -2.24. The summed E-state index contributed by atoms with van der Waals surface area (Å²) in [5, 5.41) is 10.2. The van der Waals surface area contributed by atoms with Crippen molar-refractivity contribution >= 4 is 17.5 Å². The van der Waals surface area contributed by atoms with E-state index in [-0.39, 0.29) is 18.2 Å². The molecule has 126 valence electrons. The number of aryl methyl sites for hydroxylation is 3. The summed E-state index contributed by atoms with van der Waals surface area (Å²) in [4.78, 5) is 24.3. The molecule has 3 rings (SSSR count). The van der Waals surface area contributed by atoms with Gasteiger partial charge in [0.25, 0.3) is 0 Å². The smallest absolute Gasteiger partial charge is 0.228 e. The molecule has 6 heteroatoms. The van der Waals surface area contributed by atoms with Gasteiger partial charge in [-0.2, -0.15) is 5.10 Å². The zero-order valence-electron chi connectivity index (χ0n) is 14.0. The van der Waals surface area contributed by atoms with E-state index in [1.54, 1.807) is 0 Å². The number of aromatic nitrogens is 2. The molecule has 0 saturated carbocycles. The second-order valence-electron chi connectivity index (χ2n) is 6.19. The van der Waals surface area contributed by atoms with Crippen LogP contribution in [0.25, 0.3) is 0 Å². The van der Waals surface area contributed by atoms with Gasteiger partial charge in [-0.15, -0.1) is 0 Å². The van der Waals surface area contributed by atoms with Crippen molar-refractivity contribution in [2.75, 3.05) is 11.9 Å². The second-order valence-corrected chi connectivity index (χ2v) is 6.19. The fourth-order valence-corrected chi connectivity index (χ4v) is 3.11. The number of hydrogen-bond donors (Lipinski definition) is 2. The van der Waals surface area contributed by atoms with E-state index in [0.29, 0.717) is 6.54 Å². The number of carbonyl (C=O) groups is 2. The monoisotopic (exact) mass is 326 g/mol. The fraction of sp³-hybridized carbons (Fsp3) is 0.389. The van der Waals surface area contributed by atoms with E-state index in [9.17, 15) is 9.59 Å². The minimum atomic E-state index is -0.413. The molecule has 0 saturated heterocycles. The summed E-state index contributed by atoms with van der Waals surface area (Å²) in [5.41, 5.74) is 3.74. The molecule has 2 N–H and O–H groups in total. The Morgan fingerprint density at radius 1 is 1.38 bits per heavy atom. The second kappa shape index (κ2) is 6.86. The Kier molecular flexibility index (Phi) is 4.64. The molecule has 2 heterocycles. The molecule has 1 aromatic carbocycles. The molecule has 1 aromatic heterocycles. The number of anilines is 1. The van der Waals surface area contributed by atoms with Crippen LogP contribution in [0.1, 0.15) is 35.7 Å². The Hall–Kier alpha value is -2.63. The number of nitrogens with one attached hydrogen (secondary N) is 2. The standard InChI is InChI=1S/C18H22N4O2/c1-12-10-13(2)22(21-12)9-5-8-19-18(24)15-11-17(23)20-16-7-4-3-6-14(15)16/h3-4,6-7,10,15H,5,8-9,11H2,1-2H3,(H,19,24)(H,20,23). The molecule has 2 aromatic rings. The molecular formula is C18H22N4O2. The Bertz CT molecular complexity index is 766. The largest absolute Gasteiger partial charge is 0.355 e. The van der Waals surface area contributed by atoms with Crippen LogP contribution in [0.2, 0.25) is 0 Å². The molecule has 2 amide bonds. The Morgan fingerprint density at radius 2 is 2.17 bits per heavy atom. The number of rotatable bonds is 5. The molecule has 0 spiro atoms. The first-order chi connectivity index (χ1) is 11.5. The first-order valence-electron chi connectivity index (χ1n) is 8.22. The number of benzene rings is 1. The molecule has 1 unspecified atom stereocenters. The number of fused-ring (bicyclic) bond motifs is 1. The predicted molar refractivity (Wildman–Crippen MR) is 91.8 cm³/mol. The van der Waals surface area contributed by atoms with Crippen molar-refractivity contribution in [3.8, 4) is 0 Å². The molecule has 0 fully saturated rings.